The Labute approximate surface area is 102 Å². The Kier molecular flexibility index (Phi) is 2.73. The molecule has 0 unspecified atom stereocenters. The lowest BCUT2D eigenvalue weighted by Crippen LogP contribution is -1.95. The predicted molar refractivity (Wildman–Crippen MR) is 58.9 cm³/mol. The first kappa shape index (κ1) is 11.2. The van der Waals surface area contributed by atoms with Crippen LogP contribution in [0.15, 0.2) is 17.0 Å². The highest BCUT2D eigenvalue weighted by Gasteiger charge is 2.19. The summed E-state index contributed by atoms with van der Waals surface area (Å²) in [4.78, 5) is 17.2. The molecule has 0 spiro atoms. The zero-order valence-corrected chi connectivity index (χ0v) is 9.79. The molecule has 82 valence electrons. The van der Waals surface area contributed by atoms with Crippen molar-refractivity contribution in [2.24, 2.45) is 0 Å². The zero-order valence-electron chi connectivity index (χ0n) is 7.45. The molecule has 0 saturated carbocycles. The lowest BCUT2D eigenvalue weighted by molar-refractivity contribution is -0.384. The van der Waals surface area contributed by atoms with Gasteiger partial charge in [0, 0.05) is 11.6 Å². The number of fused-ring (bicyclic) bond motifs is 1. The number of nitro groups is 1. The quantitative estimate of drug-likeness (QED) is 0.461. The minimum absolute atomic E-state index is 0.0163. The van der Waals surface area contributed by atoms with E-state index in [4.69, 9.17) is 11.6 Å². The lowest BCUT2D eigenvalue weighted by atomic mass is 10.2. The predicted octanol–water partition coefficient (Wildman–Crippen LogP) is 3.09. The van der Waals surface area contributed by atoms with E-state index in [1.54, 1.807) is 0 Å². The summed E-state index contributed by atoms with van der Waals surface area (Å²) in [5.74, 6) is -0.700. The Morgan fingerprint density at radius 2 is 2.12 bits per heavy atom. The Morgan fingerprint density at radius 3 is 2.75 bits per heavy atom. The van der Waals surface area contributed by atoms with E-state index >= 15 is 0 Å². The molecule has 0 saturated heterocycles. The molecule has 0 radical (unpaired) electrons. The molecule has 8 heteroatoms. The molecule has 0 N–H and O–H groups in total. The van der Waals surface area contributed by atoms with E-state index in [1.807, 2.05) is 0 Å². The smallest absolute Gasteiger partial charge is 0.258 e. The molecule has 2 aromatic heterocycles. The maximum absolute atomic E-state index is 13.5. The van der Waals surface area contributed by atoms with Crippen LogP contribution in [0.1, 0.15) is 0 Å². The van der Waals surface area contributed by atoms with Gasteiger partial charge >= 0.3 is 5.69 Å². The van der Waals surface area contributed by atoms with Crippen LogP contribution in [0.3, 0.4) is 0 Å². The van der Waals surface area contributed by atoms with Gasteiger partial charge in [0.15, 0.2) is 5.82 Å². The van der Waals surface area contributed by atoms with E-state index in [1.165, 1.54) is 6.20 Å². The van der Waals surface area contributed by atoms with Crippen molar-refractivity contribution in [2.45, 2.75) is 0 Å². The second-order valence-electron chi connectivity index (χ2n) is 2.84. The van der Waals surface area contributed by atoms with Crippen molar-refractivity contribution < 1.29 is 9.31 Å². The Bertz CT molecular complexity index is 607. The Balaban J connectivity index is 2.87. The third kappa shape index (κ3) is 1.61. The molecule has 0 aliphatic heterocycles. The molecule has 0 atom stereocenters. The molecule has 0 amide bonds. The fourth-order valence-corrected chi connectivity index (χ4v) is 1.74. The highest BCUT2D eigenvalue weighted by atomic mass is 79.9. The van der Waals surface area contributed by atoms with Gasteiger partial charge in [-0.15, -0.1) is 0 Å². The Hall–Kier alpha value is -1.34. The largest absolute Gasteiger partial charge is 0.306 e. The monoisotopic (exact) mass is 305 g/mol. The SMILES string of the molecule is O=[N+]([O-])c1cnc2c(F)c(Br)ncc2c1Cl. The average Bonchev–Trinajstić information content (AvgIpc) is 2.23. The van der Waals surface area contributed by atoms with E-state index in [9.17, 15) is 14.5 Å². The van der Waals surface area contributed by atoms with E-state index in [2.05, 4.69) is 25.9 Å². The van der Waals surface area contributed by atoms with Gasteiger partial charge in [-0.1, -0.05) is 11.6 Å². The van der Waals surface area contributed by atoms with Crippen LogP contribution in [0.4, 0.5) is 10.1 Å². The first-order valence-corrected chi connectivity index (χ1v) is 5.12. The van der Waals surface area contributed by atoms with Gasteiger partial charge in [-0.25, -0.2) is 14.4 Å². The summed E-state index contributed by atoms with van der Waals surface area (Å²) >= 11 is 8.64. The van der Waals surface area contributed by atoms with Crippen molar-refractivity contribution in [3.63, 3.8) is 0 Å². The van der Waals surface area contributed by atoms with E-state index in [0.717, 1.165) is 6.20 Å². The molecule has 0 bridgehead atoms. The molecule has 2 rings (SSSR count). The van der Waals surface area contributed by atoms with Crippen molar-refractivity contribution in [1.29, 1.82) is 0 Å². The van der Waals surface area contributed by atoms with Crippen LogP contribution in [-0.2, 0) is 0 Å². The molecule has 2 heterocycles. The average molecular weight is 306 g/mol. The fourth-order valence-electron chi connectivity index (χ4n) is 1.19. The molecule has 0 fully saturated rings. The number of rotatable bonds is 1. The van der Waals surface area contributed by atoms with Crippen molar-refractivity contribution in [3.8, 4) is 0 Å². The summed E-state index contributed by atoms with van der Waals surface area (Å²) in [5.41, 5.74) is -0.435. The van der Waals surface area contributed by atoms with E-state index < -0.39 is 10.7 Å². The number of halogens is 3. The summed E-state index contributed by atoms with van der Waals surface area (Å²) in [6.45, 7) is 0. The second kappa shape index (κ2) is 3.91. The topological polar surface area (TPSA) is 68.9 Å². The van der Waals surface area contributed by atoms with Gasteiger partial charge < -0.3 is 0 Å². The van der Waals surface area contributed by atoms with Gasteiger partial charge in [-0.2, -0.15) is 0 Å². The van der Waals surface area contributed by atoms with Crippen LogP contribution in [0, 0.1) is 15.9 Å². The van der Waals surface area contributed by atoms with Gasteiger partial charge in [0.25, 0.3) is 0 Å². The molecule has 16 heavy (non-hydrogen) atoms. The summed E-state index contributed by atoms with van der Waals surface area (Å²) in [7, 11) is 0. The van der Waals surface area contributed by atoms with Crippen molar-refractivity contribution in [1.82, 2.24) is 9.97 Å². The third-order valence-electron chi connectivity index (χ3n) is 1.93. The van der Waals surface area contributed by atoms with Crippen molar-refractivity contribution in [3.05, 3.63) is 38.0 Å². The maximum Gasteiger partial charge on any atom is 0.306 e. The van der Waals surface area contributed by atoms with Gasteiger partial charge in [-0.3, -0.25) is 10.1 Å². The van der Waals surface area contributed by atoms with Crippen molar-refractivity contribution in [2.75, 3.05) is 0 Å². The fraction of sp³-hybridized carbons (Fsp3) is 0. The maximum atomic E-state index is 13.5. The van der Waals surface area contributed by atoms with Gasteiger partial charge in [-0.05, 0) is 15.9 Å². The summed E-state index contributed by atoms with van der Waals surface area (Å²) in [6, 6.07) is 0. The first-order chi connectivity index (χ1) is 7.52. The molecular formula is C8H2BrClFN3O2. The number of pyridine rings is 2. The number of hydrogen-bond acceptors (Lipinski definition) is 4. The van der Waals surface area contributed by atoms with Crippen LogP contribution < -0.4 is 0 Å². The number of hydrogen-bond donors (Lipinski definition) is 0. The lowest BCUT2D eigenvalue weighted by Gasteiger charge is -2.02. The van der Waals surface area contributed by atoms with Crippen LogP contribution in [-0.4, -0.2) is 14.9 Å². The van der Waals surface area contributed by atoms with Gasteiger partial charge in [0.05, 0.1) is 4.92 Å². The normalized spacial score (nSPS) is 10.7. The molecular weight excluding hydrogens is 304 g/mol. The Morgan fingerprint density at radius 1 is 1.44 bits per heavy atom. The van der Waals surface area contributed by atoms with E-state index in [0.29, 0.717) is 0 Å². The molecule has 0 aromatic carbocycles. The molecule has 5 nitrogen and oxygen atoms in total. The van der Waals surface area contributed by atoms with Gasteiger partial charge in [0.2, 0.25) is 0 Å². The van der Waals surface area contributed by atoms with Crippen LogP contribution in [0.5, 0.6) is 0 Å². The number of nitrogens with zero attached hydrogens (tertiary/aromatic N) is 3. The van der Waals surface area contributed by atoms with Gasteiger partial charge in [0.1, 0.15) is 21.3 Å². The minimum atomic E-state index is -0.700. The van der Waals surface area contributed by atoms with E-state index in [-0.39, 0.29) is 26.2 Å². The van der Waals surface area contributed by atoms with Crippen LogP contribution in [0.25, 0.3) is 10.9 Å². The van der Waals surface area contributed by atoms with Crippen LogP contribution >= 0.6 is 27.5 Å². The zero-order chi connectivity index (χ0) is 11.9. The highest BCUT2D eigenvalue weighted by molar-refractivity contribution is 9.10. The highest BCUT2D eigenvalue weighted by Crippen LogP contribution is 2.32. The van der Waals surface area contributed by atoms with Crippen LogP contribution in [0.2, 0.25) is 5.02 Å². The summed E-state index contributed by atoms with van der Waals surface area (Å²) in [6.07, 6.45) is 2.14. The molecule has 2 aromatic rings. The third-order valence-corrected chi connectivity index (χ3v) is 2.88. The summed E-state index contributed by atoms with van der Waals surface area (Å²) in [5, 5.41) is 10.5. The first-order valence-electron chi connectivity index (χ1n) is 3.95. The standard InChI is InChI=1S/C8H2BrClFN3O2/c9-8-6(11)7-3(1-13-8)5(10)4(2-12-7)14(15)16/h1-2H. The number of aromatic nitrogens is 2. The molecule has 0 aliphatic rings. The second-order valence-corrected chi connectivity index (χ2v) is 3.97. The minimum Gasteiger partial charge on any atom is -0.258 e. The summed E-state index contributed by atoms with van der Waals surface area (Å²) < 4.78 is 13.5. The molecule has 0 aliphatic carbocycles. The van der Waals surface area contributed by atoms with Crippen molar-refractivity contribution >= 4 is 44.1 Å².